The van der Waals surface area contributed by atoms with Crippen LogP contribution in [0.2, 0.25) is 0 Å². The summed E-state index contributed by atoms with van der Waals surface area (Å²) in [6.07, 6.45) is 3.01. The van der Waals surface area contributed by atoms with Gasteiger partial charge in [0.2, 0.25) is 0 Å². The fraction of sp³-hybridized carbons (Fsp3) is 0.308. The lowest BCUT2D eigenvalue weighted by Gasteiger charge is -2.04. The Morgan fingerprint density at radius 1 is 1.39 bits per heavy atom. The number of oxazole rings is 1. The average Bonchev–Trinajstić information content (AvgIpc) is 2.84. The van der Waals surface area contributed by atoms with E-state index in [0.717, 1.165) is 11.3 Å². The van der Waals surface area contributed by atoms with Crippen LogP contribution < -0.4 is 10.1 Å². The van der Waals surface area contributed by atoms with E-state index in [9.17, 15) is 4.39 Å². The normalized spacial score (nSPS) is 10.4. The zero-order valence-corrected chi connectivity index (χ0v) is 10.4. The number of rotatable bonds is 5. The van der Waals surface area contributed by atoms with E-state index in [-0.39, 0.29) is 11.6 Å². The van der Waals surface area contributed by atoms with Crippen molar-refractivity contribution in [2.75, 3.05) is 19.5 Å². The molecule has 0 aliphatic heterocycles. The van der Waals surface area contributed by atoms with Gasteiger partial charge in [0.05, 0.1) is 12.8 Å². The Bertz CT molecular complexity index is 525. The Kier molecular flexibility index (Phi) is 3.82. The molecule has 0 bridgehead atoms. The summed E-state index contributed by atoms with van der Waals surface area (Å²) in [5, 5.41) is 2.82. The zero-order valence-electron chi connectivity index (χ0n) is 10.4. The second-order valence-electron chi connectivity index (χ2n) is 3.86. The van der Waals surface area contributed by atoms with Gasteiger partial charge >= 0.3 is 0 Å². The quantitative estimate of drug-likeness (QED) is 0.886. The van der Waals surface area contributed by atoms with Crippen LogP contribution in [0.25, 0.3) is 0 Å². The van der Waals surface area contributed by atoms with Gasteiger partial charge in [-0.1, -0.05) is 6.07 Å². The summed E-state index contributed by atoms with van der Waals surface area (Å²) in [7, 11) is 3.20. The molecule has 0 saturated heterocycles. The molecule has 1 aromatic carbocycles. The van der Waals surface area contributed by atoms with Crippen LogP contribution in [-0.2, 0) is 12.8 Å². The molecule has 5 heteroatoms. The van der Waals surface area contributed by atoms with Crippen molar-refractivity contribution in [1.29, 1.82) is 0 Å². The Morgan fingerprint density at radius 2 is 2.22 bits per heavy atom. The van der Waals surface area contributed by atoms with Crippen LogP contribution in [-0.4, -0.2) is 19.1 Å². The molecular formula is C13H15FN2O2. The second kappa shape index (κ2) is 5.53. The fourth-order valence-corrected chi connectivity index (χ4v) is 1.67. The van der Waals surface area contributed by atoms with E-state index in [2.05, 4.69) is 10.3 Å². The fourth-order valence-electron chi connectivity index (χ4n) is 1.67. The molecule has 1 N–H and O–H groups in total. The van der Waals surface area contributed by atoms with E-state index < -0.39 is 0 Å². The molecule has 0 aliphatic carbocycles. The molecule has 18 heavy (non-hydrogen) atoms. The molecule has 2 aromatic rings. The van der Waals surface area contributed by atoms with Gasteiger partial charge in [-0.3, -0.25) is 0 Å². The van der Waals surface area contributed by atoms with Crippen LogP contribution in [0.1, 0.15) is 11.3 Å². The summed E-state index contributed by atoms with van der Waals surface area (Å²) in [6, 6.07) is 5.46. The first-order valence-corrected chi connectivity index (χ1v) is 5.67. The van der Waals surface area contributed by atoms with Crippen molar-refractivity contribution >= 4 is 6.01 Å². The van der Waals surface area contributed by atoms with Crippen LogP contribution in [0.3, 0.4) is 0 Å². The Hall–Kier alpha value is -2.04. The molecule has 96 valence electrons. The predicted octanol–water partition coefficient (Wildman–Crippen LogP) is 2.65. The highest BCUT2D eigenvalue weighted by molar-refractivity contribution is 5.30. The summed E-state index contributed by atoms with van der Waals surface area (Å²) in [5.74, 6) is -0.0799. The minimum absolute atomic E-state index is 0.262. The number of hydrogen-bond donors (Lipinski definition) is 1. The third kappa shape index (κ3) is 2.80. The largest absolute Gasteiger partial charge is 0.494 e. The molecule has 2 rings (SSSR count). The molecule has 1 aromatic heterocycles. The molecule has 0 unspecified atom stereocenters. The summed E-state index contributed by atoms with van der Waals surface area (Å²) >= 11 is 0. The van der Waals surface area contributed by atoms with Crippen molar-refractivity contribution in [3.63, 3.8) is 0 Å². The highest BCUT2D eigenvalue weighted by Gasteiger charge is 2.06. The topological polar surface area (TPSA) is 47.3 Å². The van der Waals surface area contributed by atoms with Gasteiger partial charge in [-0.2, -0.15) is 4.98 Å². The first kappa shape index (κ1) is 12.4. The third-order valence-corrected chi connectivity index (χ3v) is 2.65. The number of ether oxygens (including phenoxy) is 1. The molecule has 0 radical (unpaired) electrons. The van der Waals surface area contributed by atoms with Gasteiger partial charge in [0.1, 0.15) is 6.26 Å². The molecule has 0 amide bonds. The van der Waals surface area contributed by atoms with Crippen molar-refractivity contribution < 1.29 is 13.5 Å². The van der Waals surface area contributed by atoms with E-state index in [1.54, 1.807) is 19.4 Å². The van der Waals surface area contributed by atoms with Crippen molar-refractivity contribution in [2.24, 2.45) is 0 Å². The second-order valence-corrected chi connectivity index (χ2v) is 3.86. The Labute approximate surface area is 105 Å². The lowest BCUT2D eigenvalue weighted by molar-refractivity contribution is 0.386. The number of nitrogens with one attached hydrogen (secondary N) is 1. The minimum atomic E-state index is -0.342. The van der Waals surface area contributed by atoms with Gasteiger partial charge in [0.25, 0.3) is 6.01 Å². The molecule has 0 aliphatic rings. The molecule has 0 fully saturated rings. The maximum absolute atomic E-state index is 13.5. The lowest BCUT2D eigenvalue weighted by Crippen LogP contribution is -1.95. The minimum Gasteiger partial charge on any atom is -0.494 e. The first-order chi connectivity index (χ1) is 8.72. The number of aryl methyl sites for hydroxylation is 2. The van der Waals surface area contributed by atoms with E-state index >= 15 is 0 Å². The number of aromatic nitrogens is 1. The standard InChI is InChI=1S/C13H15FN2O2/c1-15-13-16-10(8-18-13)5-3-9-4-6-12(17-2)11(14)7-9/h4,6-8H,3,5H2,1-2H3,(H,15,16). The number of hydrogen-bond acceptors (Lipinski definition) is 4. The van der Waals surface area contributed by atoms with Crippen LogP contribution >= 0.6 is 0 Å². The van der Waals surface area contributed by atoms with Gasteiger partial charge in [0, 0.05) is 7.05 Å². The van der Waals surface area contributed by atoms with Gasteiger partial charge < -0.3 is 14.5 Å². The van der Waals surface area contributed by atoms with Gasteiger partial charge in [-0.05, 0) is 30.5 Å². The van der Waals surface area contributed by atoms with Gasteiger partial charge in [-0.25, -0.2) is 4.39 Å². The molecule has 0 atom stereocenters. The van der Waals surface area contributed by atoms with Crippen LogP contribution in [0.5, 0.6) is 5.75 Å². The molecule has 4 nitrogen and oxygen atoms in total. The molecule has 0 saturated carbocycles. The highest BCUT2D eigenvalue weighted by Crippen LogP contribution is 2.19. The molecule has 0 spiro atoms. The van der Waals surface area contributed by atoms with E-state index in [0.29, 0.717) is 18.9 Å². The van der Waals surface area contributed by atoms with Gasteiger partial charge in [0.15, 0.2) is 11.6 Å². The van der Waals surface area contributed by atoms with E-state index in [4.69, 9.17) is 9.15 Å². The van der Waals surface area contributed by atoms with Gasteiger partial charge in [-0.15, -0.1) is 0 Å². The van der Waals surface area contributed by atoms with Crippen molar-refractivity contribution in [2.45, 2.75) is 12.8 Å². The van der Waals surface area contributed by atoms with Crippen molar-refractivity contribution in [1.82, 2.24) is 4.98 Å². The van der Waals surface area contributed by atoms with E-state index in [1.165, 1.54) is 13.2 Å². The number of anilines is 1. The summed E-state index contributed by atoms with van der Waals surface area (Å²) in [4.78, 5) is 4.20. The third-order valence-electron chi connectivity index (χ3n) is 2.65. The lowest BCUT2D eigenvalue weighted by atomic mass is 10.1. The zero-order chi connectivity index (χ0) is 13.0. The van der Waals surface area contributed by atoms with Crippen LogP contribution in [0.4, 0.5) is 10.4 Å². The maximum atomic E-state index is 13.5. The first-order valence-electron chi connectivity index (χ1n) is 5.67. The summed E-state index contributed by atoms with van der Waals surface area (Å²) < 4.78 is 23.5. The SMILES string of the molecule is CNc1nc(CCc2ccc(OC)c(F)c2)co1. The Balaban J connectivity index is 1.99. The number of methoxy groups -OCH3 is 1. The van der Waals surface area contributed by atoms with Crippen molar-refractivity contribution in [3.05, 3.63) is 41.5 Å². The van der Waals surface area contributed by atoms with Crippen molar-refractivity contribution in [3.8, 4) is 5.75 Å². The molecule has 1 heterocycles. The summed E-state index contributed by atoms with van der Waals surface area (Å²) in [5.41, 5.74) is 1.75. The smallest absolute Gasteiger partial charge is 0.294 e. The Morgan fingerprint density at radius 3 is 2.83 bits per heavy atom. The van der Waals surface area contributed by atoms with Crippen LogP contribution in [0, 0.1) is 5.82 Å². The monoisotopic (exact) mass is 250 g/mol. The average molecular weight is 250 g/mol. The maximum Gasteiger partial charge on any atom is 0.294 e. The number of benzene rings is 1. The van der Waals surface area contributed by atoms with E-state index in [1.807, 2.05) is 6.07 Å². The molecular weight excluding hydrogens is 235 g/mol. The number of halogens is 1. The van der Waals surface area contributed by atoms with Crippen LogP contribution in [0.15, 0.2) is 28.9 Å². The summed E-state index contributed by atoms with van der Waals surface area (Å²) in [6.45, 7) is 0. The highest BCUT2D eigenvalue weighted by atomic mass is 19.1. The number of nitrogens with zero attached hydrogens (tertiary/aromatic N) is 1. The predicted molar refractivity (Wildman–Crippen MR) is 66.4 cm³/mol.